The smallest absolute Gasteiger partial charge is 0.194 e. The molecule has 4 nitrogen and oxygen atoms in total. The van der Waals surface area contributed by atoms with Crippen molar-refractivity contribution in [1.82, 2.24) is 9.38 Å². The van der Waals surface area contributed by atoms with Gasteiger partial charge in [-0.25, -0.2) is 4.98 Å². The van der Waals surface area contributed by atoms with Gasteiger partial charge in [-0.05, 0) is 18.2 Å². The average molecular weight is 309 g/mol. The van der Waals surface area contributed by atoms with Crippen molar-refractivity contribution in [3.05, 3.63) is 35.5 Å². The highest BCUT2D eigenvalue weighted by atomic mass is 35.5. The van der Waals surface area contributed by atoms with Crippen LogP contribution in [0.2, 0.25) is 0 Å². The fourth-order valence-corrected chi connectivity index (χ4v) is 3.12. The van der Waals surface area contributed by atoms with E-state index >= 15 is 0 Å². The molecule has 0 radical (unpaired) electrons. The van der Waals surface area contributed by atoms with Crippen LogP contribution in [0.15, 0.2) is 29.8 Å². The average Bonchev–Trinajstić information content (AvgIpc) is 3.06. The molecular weight excluding hydrogens is 296 g/mol. The van der Waals surface area contributed by atoms with Crippen LogP contribution in [0.25, 0.3) is 16.2 Å². The maximum absolute atomic E-state index is 5.84. The first-order chi connectivity index (χ1) is 9.76. The predicted molar refractivity (Wildman–Crippen MR) is 81.2 cm³/mol. The van der Waals surface area contributed by atoms with Crippen molar-refractivity contribution in [1.29, 1.82) is 0 Å². The number of halogens is 1. The van der Waals surface area contributed by atoms with Gasteiger partial charge in [0.05, 0.1) is 31.5 Å². The zero-order chi connectivity index (χ0) is 14.1. The molecule has 0 saturated heterocycles. The number of imidazole rings is 1. The van der Waals surface area contributed by atoms with Crippen LogP contribution in [0.1, 0.15) is 5.69 Å². The standard InChI is InChI=1S/C14H13ClN2O2S/c1-18-10-3-4-13(19-2)11(5-10)12-8-20-14-16-9(6-15)7-17(12)14/h3-5,7-8H,6H2,1-2H3. The summed E-state index contributed by atoms with van der Waals surface area (Å²) in [5.74, 6) is 1.99. The van der Waals surface area contributed by atoms with E-state index in [1.165, 1.54) is 0 Å². The van der Waals surface area contributed by atoms with Gasteiger partial charge in [-0.1, -0.05) is 0 Å². The van der Waals surface area contributed by atoms with Crippen LogP contribution in [-0.2, 0) is 5.88 Å². The Morgan fingerprint density at radius 3 is 2.85 bits per heavy atom. The first-order valence-corrected chi connectivity index (χ1v) is 7.42. The van der Waals surface area contributed by atoms with E-state index in [2.05, 4.69) is 10.4 Å². The molecule has 2 heterocycles. The Kier molecular flexibility index (Phi) is 3.54. The Balaban J connectivity index is 2.20. The molecule has 20 heavy (non-hydrogen) atoms. The number of benzene rings is 1. The minimum absolute atomic E-state index is 0.406. The number of alkyl halides is 1. The Morgan fingerprint density at radius 2 is 2.15 bits per heavy atom. The lowest BCUT2D eigenvalue weighted by Crippen LogP contribution is -1.92. The summed E-state index contributed by atoms with van der Waals surface area (Å²) in [6, 6.07) is 5.74. The molecule has 3 rings (SSSR count). The van der Waals surface area contributed by atoms with Crippen LogP contribution in [0, 0.1) is 0 Å². The van der Waals surface area contributed by atoms with Crippen LogP contribution in [0.5, 0.6) is 11.5 Å². The highest BCUT2D eigenvalue weighted by Gasteiger charge is 2.14. The normalized spacial score (nSPS) is 10.9. The van der Waals surface area contributed by atoms with Crippen molar-refractivity contribution < 1.29 is 9.47 Å². The minimum atomic E-state index is 0.406. The number of methoxy groups -OCH3 is 2. The van der Waals surface area contributed by atoms with Gasteiger partial charge in [-0.15, -0.1) is 22.9 Å². The topological polar surface area (TPSA) is 35.8 Å². The van der Waals surface area contributed by atoms with Crippen LogP contribution in [-0.4, -0.2) is 23.6 Å². The second-order valence-corrected chi connectivity index (χ2v) is 5.31. The third kappa shape index (κ3) is 2.13. The Morgan fingerprint density at radius 1 is 1.30 bits per heavy atom. The van der Waals surface area contributed by atoms with Gasteiger partial charge < -0.3 is 9.47 Å². The molecule has 0 fully saturated rings. The summed E-state index contributed by atoms with van der Waals surface area (Å²) in [4.78, 5) is 5.37. The summed E-state index contributed by atoms with van der Waals surface area (Å²) >= 11 is 7.42. The summed E-state index contributed by atoms with van der Waals surface area (Å²) in [5, 5.41) is 2.05. The van der Waals surface area contributed by atoms with Crippen molar-refractivity contribution >= 4 is 27.9 Å². The first-order valence-electron chi connectivity index (χ1n) is 6.00. The van der Waals surface area contributed by atoms with E-state index in [1.54, 1.807) is 25.6 Å². The minimum Gasteiger partial charge on any atom is -0.497 e. The number of thiazole rings is 1. The molecule has 1 aromatic carbocycles. The van der Waals surface area contributed by atoms with Crippen LogP contribution in [0.3, 0.4) is 0 Å². The van der Waals surface area contributed by atoms with E-state index < -0.39 is 0 Å². The zero-order valence-electron chi connectivity index (χ0n) is 11.1. The molecule has 0 atom stereocenters. The Labute approximate surface area is 125 Å². The fraction of sp³-hybridized carbons (Fsp3) is 0.214. The molecule has 104 valence electrons. The van der Waals surface area contributed by atoms with Crippen LogP contribution < -0.4 is 9.47 Å². The number of nitrogens with zero attached hydrogens (tertiary/aromatic N) is 2. The van der Waals surface area contributed by atoms with Gasteiger partial charge in [-0.2, -0.15) is 0 Å². The van der Waals surface area contributed by atoms with Crippen LogP contribution in [0.4, 0.5) is 0 Å². The fourth-order valence-electron chi connectivity index (χ4n) is 2.10. The van der Waals surface area contributed by atoms with E-state index in [9.17, 15) is 0 Å². The molecule has 0 aliphatic heterocycles. The second-order valence-electron chi connectivity index (χ2n) is 4.21. The van der Waals surface area contributed by atoms with Gasteiger partial charge in [-0.3, -0.25) is 4.40 Å². The predicted octanol–water partition coefficient (Wildman–Crippen LogP) is 3.82. The highest BCUT2D eigenvalue weighted by molar-refractivity contribution is 7.15. The van der Waals surface area contributed by atoms with Gasteiger partial charge in [0.1, 0.15) is 11.5 Å². The maximum Gasteiger partial charge on any atom is 0.194 e. The molecule has 0 amide bonds. The van der Waals surface area contributed by atoms with E-state index in [0.29, 0.717) is 5.88 Å². The Bertz CT molecular complexity index is 751. The van der Waals surface area contributed by atoms with Gasteiger partial charge in [0.15, 0.2) is 4.96 Å². The summed E-state index contributed by atoms with van der Waals surface area (Å²) in [6.45, 7) is 0. The molecule has 0 aliphatic rings. The number of aromatic nitrogens is 2. The molecule has 0 unspecified atom stereocenters. The number of rotatable bonds is 4. The molecule has 0 bridgehead atoms. The first kappa shape index (κ1) is 13.3. The summed E-state index contributed by atoms with van der Waals surface area (Å²) < 4.78 is 12.8. The maximum atomic E-state index is 5.84. The van der Waals surface area contributed by atoms with E-state index in [1.807, 2.05) is 28.8 Å². The lowest BCUT2D eigenvalue weighted by molar-refractivity contribution is 0.404. The Hall–Kier alpha value is -1.72. The lowest BCUT2D eigenvalue weighted by atomic mass is 10.1. The molecule has 6 heteroatoms. The molecule has 0 N–H and O–H groups in total. The van der Waals surface area contributed by atoms with Gasteiger partial charge >= 0.3 is 0 Å². The van der Waals surface area contributed by atoms with Crippen molar-refractivity contribution in [3.63, 3.8) is 0 Å². The molecular formula is C14H13ClN2O2S. The van der Waals surface area contributed by atoms with Crippen LogP contribution >= 0.6 is 22.9 Å². The number of hydrogen-bond acceptors (Lipinski definition) is 4. The third-order valence-electron chi connectivity index (χ3n) is 3.08. The van der Waals surface area contributed by atoms with E-state index in [0.717, 1.165) is 33.4 Å². The number of fused-ring (bicyclic) bond motifs is 1. The quantitative estimate of drug-likeness (QED) is 0.687. The summed E-state index contributed by atoms with van der Waals surface area (Å²) in [5.41, 5.74) is 2.85. The summed E-state index contributed by atoms with van der Waals surface area (Å²) in [7, 11) is 3.31. The third-order valence-corrected chi connectivity index (χ3v) is 4.19. The lowest BCUT2D eigenvalue weighted by Gasteiger charge is -2.09. The zero-order valence-corrected chi connectivity index (χ0v) is 12.7. The van der Waals surface area contributed by atoms with Gasteiger partial charge in [0, 0.05) is 17.1 Å². The second kappa shape index (κ2) is 5.34. The van der Waals surface area contributed by atoms with E-state index in [-0.39, 0.29) is 0 Å². The van der Waals surface area contributed by atoms with Crippen molar-refractivity contribution in [2.45, 2.75) is 5.88 Å². The molecule has 0 saturated carbocycles. The summed E-state index contributed by atoms with van der Waals surface area (Å²) in [6.07, 6.45) is 1.95. The molecule has 0 aliphatic carbocycles. The van der Waals surface area contributed by atoms with Crippen molar-refractivity contribution in [2.75, 3.05) is 14.2 Å². The number of ether oxygens (including phenoxy) is 2. The van der Waals surface area contributed by atoms with Gasteiger partial charge in [0.25, 0.3) is 0 Å². The van der Waals surface area contributed by atoms with Gasteiger partial charge in [0.2, 0.25) is 0 Å². The molecule has 3 aromatic rings. The van der Waals surface area contributed by atoms with E-state index in [4.69, 9.17) is 21.1 Å². The monoisotopic (exact) mass is 308 g/mol. The SMILES string of the molecule is COc1ccc(OC)c(-c2csc3nc(CCl)cn23)c1. The largest absolute Gasteiger partial charge is 0.497 e. The van der Waals surface area contributed by atoms with Crippen molar-refractivity contribution in [3.8, 4) is 22.8 Å². The number of hydrogen-bond donors (Lipinski definition) is 0. The molecule has 2 aromatic heterocycles. The van der Waals surface area contributed by atoms with Crippen molar-refractivity contribution in [2.24, 2.45) is 0 Å². The highest BCUT2D eigenvalue weighted by Crippen LogP contribution is 2.35. The molecule has 0 spiro atoms.